The van der Waals surface area contributed by atoms with Gasteiger partial charge in [0.15, 0.2) is 0 Å². The van der Waals surface area contributed by atoms with Crippen LogP contribution in [0.5, 0.6) is 0 Å². The van der Waals surface area contributed by atoms with Gasteiger partial charge in [-0.15, -0.1) is 0 Å². The topological polar surface area (TPSA) is 37.4 Å². The molecule has 0 radical (unpaired) electrons. The molecule has 0 saturated carbocycles. The normalized spacial score (nSPS) is 19.3. The van der Waals surface area contributed by atoms with Crippen LogP contribution in [0.3, 0.4) is 0 Å². The fraction of sp³-hybridized carbons (Fsp3) is 0.706. The van der Waals surface area contributed by atoms with Gasteiger partial charge in [-0.2, -0.15) is 0 Å². The number of hydrogen-bond donors (Lipinski definition) is 1. The Morgan fingerprint density at radius 3 is 2.90 bits per heavy atom. The second-order valence-electron chi connectivity index (χ2n) is 6.38. The standard InChI is InChI=1S/C17H29N3O/c1-13(2)10-18-11-15-7-8-17(19-14(15)3)20-9-5-6-16(12-20)21-4/h7-8,13,16,18H,5-6,9-12H2,1-4H3. The number of aromatic nitrogens is 1. The van der Waals surface area contributed by atoms with Crippen molar-refractivity contribution < 1.29 is 4.74 Å². The summed E-state index contributed by atoms with van der Waals surface area (Å²) in [6, 6.07) is 4.36. The second kappa shape index (κ2) is 7.76. The Hall–Kier alpha value is -1.13. The van der Waals surface area contributed by atoms with Crippen molar-refractivity contribution in [1.82, 2.24) is 10.3 Å². The first-order chi connectivity index (χ1) is 10.1. The summed E-state index contributed by atoms with van der Waals surface area (Å²) in [7, 11) is 1.80. The van der Waals surface area contributed by atoms with Crippen molar-refractivity contribution in [3.63, 3.8) is 0 Å². The first-order valence-corrected chi connectivity index (χ1v) is 8.05. The highest BCUT2D eigenvalue weighted by atomic mass is 16.5. The highest BCUT2D eigenvalue weighted by Crippen LogP contribution is 2.20. The van der Waals surface area contributed by atoms with Gasteiger partial charge in [0.1, 0.15) is 5.82 Å². The van der Waals surface area contributed by atoms with Crippen molar-refractivity contribution in [3.8, 4) is 0 Å². The van der Waals surface area contributed by atoms with E-state index in [1.54, 1.807) is 7.11 Å². The summed E-state index contributed by atoms with van der Waals surface area (Å²) >= 11 is 0. The molecule has 0 aliphatic carbocycles. The zero-order valence-corrected chi connectivity index (χ0v) is 13.9. The lowest BCUT2D eigenvalue weighted by molar-refractivity contribution is 0.0891. The number of nitrogens with one attached hydrogen (secondary N) is 1. The van der Waals surface area contributed by atoms with Crippen LogP contribution in [-0.4, -0.2) is 37.8 Å². The van der Waals surface area contributed by atoms with Crippen LogP contribution in [0.2, 0.25) is 0 Å². The van der Waals surface area contributed by atoms with Crippen molar-refractivity contribution in [2.24, 2.45) is 5.92 Å². The molecule has 1 N–H and O–H groups in total. The van der Waals surface area contributed by atoms with E-state index >= 15 is 0 Å². The molecule has 1 aromatic rings. The number of methoxy groups -OCH3 is 1. The Balaban J connectivity index is 1.97. The molecule has 1 aliphatic heterocycles. The number of piperidine rings is 1. The molecule has 1 saturated heterocycles. The second-order valence-corrected chi connectivity index (χ2v) is 6.38. The molecule has 2 heterocycles. The van der Waals surface area contributed by atoms with Crippen molar-refractivity contribution >= 4 is 5.82 Å². The van der Waals surface area contributed by atoms with Crippen LogP contribution in [0.15, 0.2) is 12.1 Å². The lowest BCUT2D eigenvalue weighted by Crippen LogP contribution is -2.39. The van der Waals surface area contributed by atoms with E-state index in [1.807, 2.05) is 0 Å². The third kappa shape index (κ3) is 4.68. The van der Waals surface area contributed by atoms with Gasteiger partial charge in [0, 0.05) is 32.4 Å². The summed E-state index contributed by atoms with van der Waals surface area (Å²) in [5.74, 6) is 1.76. The molecule has 0 bridgehead atoms. The first kappa shape index (κ1) is 16.2. The zero-order chi connectivity index (χ0) is 15.2. The highest BCUT2D eigenvalue weighted by Gasteiger charge is 2.20. The molecule has 0 spiro atoms. The van der Waals surface area contributed by atoms with Gasteiger partial charge in [0.05, 0.1) is 6.10 Å². The van der Waals surface area contributed by atoms with Gasteiger partial charge in [-0.05, 0) is 43.9 Å². The van der Waals surface area contributed by atoms with Crippen molar-refractivity contribution in [1.29, 1.82) is 0 Å². The Morgan fingerprint density at radius 2 is 2.24 bits per heavy atom. The monoisotopic (exact) mass is 291 g/mol. The largest absolute Gasteiger partial charge is 0.380 e. The lowest BCUT2D eigenvalue weighted by atomic mass is 10.1. The predicted molar refractivity (Wildman–Crippen MR) is 87.8 cm³/mol. The van der Waals surface area contributed by atoms with E-state index < -0.39 is 0 Å². The van der Waals surface area contributed by atoms with Gasteiger partial charge in [0.25, 0.3) is 0 Å². The van der Waals surface area contributed by atoms with Gasteiger partial charge >= 0.3 is 0 Å². The average Bonchev–Trinajstić information content (AvgIpc) is 2.48. The number of rotatable bonds is 6. The van der Waals surface area contributed by atoms with Crippen molar-refractivity contribution in [2.75, 3.05) is 31.6 Å². The fourth-order valence-electron chi connectivity index (χ4n) is 2.77. The van der Waals surface area contributed by atoms with Crippen LogP contribution >= 0.6 is 0 Å². The third-order valence-electron chi connectivity index (χ3n) is 4.08. The van der Waals surface area contributed by atoms with Gasteiger partial charge < -0.3 is 15.0 Å². The maximum atomic E-state index is 5.49. The minimum absolute atomic E-state index is 0.341. The molecule has 1 fully saturated rings. The van der Waals surface area contributed by atoms with E-state index in [-0.39, 0.29) is 0 Å². The maximum absolute atomic E-state index is 5.49. The van der Waals surface area contributed by atoms with E-state index in [1.165, 1.54) is 12.0 Å². The number of pyridine rings is 1. The quantitative estimate of drug-likeness (QED) is 0.874. The molecular formula is C17H29N3O. The van der Waals surface area contributed by atoms with E-state index in [9.17, 15) is 0 Å². The van der Waals surface area contributed by atoms with Crippen LogP contribution in [0, 0.1) is 12.8 Å². The molecular weight excluding hydrogens is 262 g/mol. The lowest BCUT2D eigenvalue weighted by Gasteiger charge is -2.33. The van der Waals surface area contributed by atoms with Crippen LogP contribution in [0.1, 0.15) is 37.9 Å². The summed E-state index contributed by atoms with van der Waals surface area (Å²) in [6.45, 7) is 10.5. The van der Waals surface area contributed by atoms with Crippen molar-refractivity contribution in [3.05, 3.63) is 23.4 Å². The molecule has 4 heteroatoms. The summed E-state index contributed by atoms with van der Waals surface area (Å²) in [4.78, 5) is 7.14. The van der Waals surface area contributed by atoms with E-state index in [0.29, 0.717) is 12.0 Å². The summed E-state index contributed by atoms with van der Waals surface area (Å²) in [6.07, 6.45) is 2.67. The van der Waals surface area contributed by atoms with Gasteiger partial charge in [-0.25, -0.2) is 4.98 Å². The summed E-state index contributed by atoms with van der Waals surface area (Å²) in [5, 5.41) is 3.48. The number of hydrogen-bond acceptors (Lipinski definition) is 4. The number of nitrogens with zero attached hydrogens (tertiary/aromatic N) is 2. The zero-order valence-electron chi connectivity index (χ0n) is 13.9. The molecule has 1 unspecified atom stereocenters. The Bertz CT molecular complexity index is 448. The molecule has 2 rings (SSSR count). The average molecular weight is 291 g/mol. The predicted octanol–water partition coefficient (Wildman–Crippen LogP) is 2.75. The molecule has 118 valence electrons. The van der Waals surface area contributed by atoms with Gasteiger partial charge in [-0.1, -0.05) is 19.9 Å². The van der Waals surface area contributed by atoms with Crippen molar-refractivity contribution in [2.45, 2.75) is 46.3 Å². The number of aryl methyl sites for hydroxylation is 1. The number of ether oxygens (including phenoxy) is 1. The molecule has 4 nitrogen and oxygen atoms in total. The Kier molecular flexibility index (Phi) is 6.00. The smallest absolute Gasteiger partial charge is 0.128 e. The SMILES string of the molecule is COC1CCCN(c2ccc(CNCC(C)C)c(C)n2)C1. The van der Waals surface area contributed by atoms with Gasteiger partial charge in [0.2, 0.25) is 0 Å². The molecule has 0 amide bonds. The summed E-state index contributed by atoms with van der Waals surface area (Å²) < 4.78 is 5.49. The Labute approximate surface area is 128 Å². The molecule has 1 aromatic heterocycles. The first-order valence-electron chi connectivity index (χ1n) is 8.05. The maximum Gasteiger partial charge on any atom is 0.128 e. The van der Waals surface area contributed by atoms with Crippen LogP contribution in [-0.2, 0) is 11.3 Å². The summed E-state index contributed by atoms with van der Waals surface area (Å²) in [5.41, 5.74) is 2.42. The van der Waals surface area contributed by atoms with E-state index in [0.717, 1.165) is 44.1 Å². The van der Waals surface area contributed by atoms with Crippen LogP contribution in [0.4, 0.5) is 5.82 Å². The molecule has 0 aromatic carbocycles. The van der Waals surface area contributed by atoms with Crippen LogP contribution in [0.25, 0.3) is 0 Å². The highest BCUT2D eigenvalue weighted by molar-refractivity contribution is 5.42. The van der Waals surface area contributed by atoms with Crippen LogP contribution < -0.4 is 10.2 Å². The molecule has 1 aliphatic rings. The molecule has 21 heavy (non-hydrogen) atoms. The van der Waals surface area contributed by atoms with E-state index in [4.69, 9.17) is 9.72 Å². The minimum Gasteiger partial charge on any atom is -0.380 e. The molecule has 1 atom stereocenters. The Morgan fingerprint density at radius 1 is 1.43 bits per heavy atom. The van der Waals surface area contributed by atoms with E-state index in [2.05, 4.69) is 43.1 Å². The minimum atomic E-state index is 0.341. The number of anilines is 1. The fourth-order valence-corrected chi connectivity index (χ4v) is 2.77. The third-order valence-corrected chi connectivity index (χ3v) is 4.08. The van der Waals surface area contributed by atoms with Gasteiger partial charge in [-0.3, -0.25) is 0 Å².